The zero-order valence-electron chi connectivity index (χ0n) is 11.7. The number of imidazole rings is 1. The Balaban J connectivity index is 1.96. The minimum absolute atomic E-state index is 0.684. The summed E-state index contributed by atoms with van der Waals surface area (Å²) < 4.78 is 0. The number of hydrogen-bond donors (Lipinski definition) is 2. The van der Waals surface area contributed by atoms with Crippen LogP contribution in [0.3, 0.4) is 0 Å². The molecule has 3 nitrogen and oxygen atoms in total. The van der Waals surface area contributed by atoms with E-state index in [1.807, 2.05) is 0 Å². The SMILES string of the molecule is CCc1ccc2nc(-c3ccc(CCN)cc3)[nH]c2c1. The molecule has 0 saturated carbocycles. The van der Waals surface area contributed by atoms with Crippen molar-refractivity contribution in [3.63, 3.8) is 0 Å². The largest absolute Gasteiger partial charge is 0.338 e. The van der Waals surface area contributed by atoms with Gasteiger partial charge in [0.05, 0.1) is 11.0 Å². The molecule has 0 amide bonds. The summed E-state index contributed by atoms with van der Waals surface area (Å²) in [6.45, 7) is 2.85. The van der Waals surface area contributed by atoms with Gasteiger partial charge in [-0.15, -0.1) is 0 Å². The molecule has 0 fully saturated rings. The number of hydrogen-bond acceptors (Lipinski definition) is 2. The molecule has 3 heteroatoms. The summed E-state index contributed by atoms with van der Waals surface area (Å²) in [5.41, 5.74) is 11.4. The summed E-state index contributed by atoms with van der Waals surface area (Å²) in [7, 11) is 0. The maximum absolute atomic E-state index is 5.57. The molecule has 0 spiro atoms. The first kappa shape index (κ1) is 12.9. The van der Waals surface area contributed by atoms with Gasteiger partial charge in [0.15, 0.2) is 0 Å². The topological polar surface area (TPSA) is 54.7 Å². The van der Waals surface area contributed by atoms with Crippen LogP contribution >= 0.6 is 0 Å². The quantitative estimate of drug-likeness (QED) is 0.760. The van der Waals surface area contributed by atoms with Gasteiger partial charge in [0.1, 0.15) is 5.82 Å². The lowest BCUT2D eigenvalue weighted by molar-refractivity contribution is 0.969. The Labute approximate surface area is 118 Å². The van der Waals surface area contributed by atoms with E-state index in [2.05, 4.69) is 59.4 Å². The highest BCUT2D eigenvalue weighted by Gasteiger charge is 2.05. The van der Waals surface area contributed by atoms with Crippen LogP contribution < -0.4 is 5.73 Å². The molecule has 0 atom stereocenters. The second-order valence-electron chi connectivity index (χ2n) is 5.03. The van der Waals surface area contributed by atoms with Gasteiger partial charge in [0.2, 0.25) is 0 Å². The van der Waals surface area contributed by atoms with Gasteiger partial charge in [0.25, 0.3) is 0 Å². The van der Waals surface area contributed by atoms with Crippen LogP contribution in [0.25, 0.3) is 22.4 Å². The number of nitrogens with zero attached hydrogens (tertiary/aromatic N) is 1. The second kappa shape index (κ2) is 5.47. The summed E-state index contributed by atoms with van der Waals surface area (Å²) in [4.78, 5) is 8.06. The molecule has 0 radical (unpaired) electrons. The third-order valence-corrected chi connectivity index (χ3v) is 3.61. The molecule has 102 valence electrons. The maximum Gasteiger partial charge on any atom is 0.138 e. The maximum atomic E-state index is 5.57. The number of rotatable bonds is 4. The Morgan fingerprint density at radius 2 is 1.80 bits per heavy atom. The lowest BCUT2D eigenvalue weighted by Gasteiger charge is -2.00. The molecule has 3 N–H and O–H groups in total. The van der Waals surface area contributed by atoms with Crippen molar-refractivity contribution < 1.29 is 0 Å². The number of aryl methyl sites for hydroxylation is 1. The molecule has 0 saturated heterocycles. The lowest BCUT2D eigenvalue weighted by atomic mass is 10.1. The third kappa shape index (κ3) is 2.45. The molecule has 3 aromatic rings. The van der Waals surface area contributed by atoms with E-state index in [4.69, 9.17) is 5.73 Å². The van der Waals surface area contributed by atoms with Gasteiger partial charge in [-0.25, -0.2) is 4.98 Å². The molecule has 0 aliphatic carbocycles. The van der Waals surface area contributed by atoms with Crippen LogP contribution in [0.5, 0.6) is 0 Å². The van der Waals surface area contributed by atoms with Crippen molar-refractivity contribution in [1.82, 2.24) is 9.97 Å². The summed E-state index contributed by atoms with van der Waals surface area (Å²) >= 11 is 0. The van der Waals surface area contributed by atoms with Crippen LogP contribution in [0, 0.1) is 0 Å². The van der Waals surface area contributed by atoms with Crippen LogP contribution in [0.2, 0.25) is 0 Å². The highest BCUT2D eigenvalue weighted by Crippen LogP contribution is 2.22. The zero-order valence-corrected chi connectivity index (χ0v) is 11.7. The Morgan fingerprint density at radius 1 is 1.05 bits per heavy atom. The second-order valence-corrected chi connectivity index (χ2v) is 5.03. The van der Waals surface area contributed by atoms with Crippen molar-refractivity contribution in [2.45, 2.75) is 19.8 Å². The Hall–Kier alpha value is -2.13. The van der Waals surface area contributed by atoms with Gasteiger partial charge in [-0.1, -0.05) is 37.3 Å². The fourth-order valence-electron chi connectivity index (χ4n) is 2.41. The summed E-state index contributed by atoms with van der Waals surface area (Å²) in [6, 6.07) is 14.8. The number of aromatic amines is 1. The molecule has 0 aliphatic heterocycles. The molecule has 0 unspecified atom stereocenters. The predicted molar refractivity (Wildman–Crippen MR) is 83.7 cm³/mol. The van der Waals surface area contributed by atoms with Gasteiger partial charge in [0, 0.05) is 5.56 Å². The third-order valence-electron chi connectivity index (χ3n) is 3.61. The van der Waals surface area contributed by atoms with Crippen LogP contribution in [0.1, 0.15) is 18.1 Å². The van der Waals surface area contributed by atoms with Crippen LogP contribution in [-0.4, -0.2) is 16.5 Å². The Morgan fingerprint density at radius 3 is 2.50 bits per heavy atom. The highest BCUT2D eigenvalue weighted by atomic mass is 14.9. The Bertz CT molecular complexity index is 711. The monoisotopic (exact) mass is 265 g/mol. The van der Waals surface area contributed by atoms with Crippen molar-refractivity contribution in [3.05, 3.63) is 53.6 Å². The van der Waals surface area contributed by atoms with Crippen LogP contribution in [0.4, 0.5) is 0 Å². The van der Waals surface area contributed by atoms with Gasteiger partial charge in [-0.3, -0.25) is 0 Å². The van der Waals surface area contributed by atoms with Crippen LogP contribution in [0.15, 0.2) is 42.5 Å². The van der Waals surface area contributed by atoms with Gasteiger partial charge in [-0.2, -0.15) is 0 Å². The first-order valence-corrected chi connectivity index (χ1v) is 7.08. The predicted octanol–water partition coefficient (Wildman–Crippen LogP) is 3.29. The summed E-state index contributed by atoms with van der Waals surface area (Å²) in [6.07, 6.45) is 1.96. The van der Waals surface area contributed by atoms with E-state index < -0.39 is 0 Å². The lowest BCUT2D eigenvalue weighted by Crippen LogP contribution is -2.02. The number of aromatic nitrogens is 2. The number of nitrogens with two attached hydrogens (primary N) is 1. The summed E-state index contributed by atoms with van der Waals surface area (Å²) in [5, 5.41) is 0. The highest BCUT2D eigenvalue weighted by molar-refractivity contribution is 5.80. The van der Waals surface area contributed by atoms with E-state index in [1.54, 1.807) is 0 Å². The molecule has 20 heavy (non-hydrogen) atoms. The number of fused-ring (bicyclic) bond motifs is 1. The van der Waals surface area contributed by atoms with Gasteiger partial charge in [-0.05, 0) is 42.6 Å². The minimum atomic E-state index is 0.684. The molecule has 1 aromatic heterocycles. The smallest absolute Gasteiger partial charge is 0.138 e. The molecular weight excluding hydrogens is 246 g/mol. The van der Waals surface area contributed by atoms with E-state index in [9.17, 15) is 0 Å². The first-order valence-electron chi connectivity index (χ1n) is 7.08. The van der Waals surface area contributed by atoms with Crippen molar-refractivity contribution in [1.29, 1.82) is 0 Å². The molecule has 0 bridgehead atoms. The van der Waals surface area contributed by atoms with Gasteiger partial charge < -0.3 is 10.7 Å². The summed E-state index contributed by atoms with van der Waals surface area (Å²) in [5.74, 6) is 0.924. The average Bonchev–Trinajstić information content (AvgIpc) is 2.91. The van der Waals surface area contributed by atoms with E-state index in [1.165, 1.54) is 11.1 Å². The van der Waals surface area contributed by atoms with Crippen molar-refractivity contribution in [2.75, 3.05) is 6.54 Å². The molecule has 0 aliphatic rings. The number of benzene rings is 2. The van der Waals surface area contributed by atoms with E-state index in [-0.39, 0.29) is 0 Å². The molecule has 1 heterocycles. The van der Waals surface area contributed by atoms with E-state index >= 15 is 0 Å². The molecule has 2 aromatic carbocycles. The Kier molecular flexibility index (Phi) is 3.52. The van der Waals surface area contributed by atoms with Crippen molar-refractivity contribution in [2.24, 2.45) is 5.73 Å². The van der Waals surface area contributed by atoms with E-state index in [0.29, 0.717) is 6.54 Å². The van der Waals surface area contributed by atoms with Gasteiger partial charge >= 0.3 is 0 Å². The number of H-pyrrole nitrogens is 1. The molecule has 3 rings (SSSR count). The van der Waals surface area contributed by atoms with Crippen molar-refractivity contribution >= 4 is 11.0 Å². The molecular formula is C17H19N3. The fourth-order valence-corrected chi connectivity index (χ4v) is 2.41. The fraction of sp³-hybridized carbons (Fsp3) is 0.235. The average molecular weight is 265 g/mol. The standard InChI is InChI=1S/C17H19N3/c1-2-12-5-8-15-16(11-12)20-17(19-15)14-6-3-13(4-7-14)9-10-18/h3-8,11H,2,9-10,18H2,1H3,(H,19,20). The zero-order chi connectivity index (χ0) is 13.9. The van der Waals surface area contributed by atoms with Crippen LogP contribution in [-0.2, 0) is 12.8 Å². The van der Waals surface area contributed by atoms with Crippen molar-refractivity contribution in [3.8, 4) is 11.4 Å². The first-order chi connectivity index (χ1) is 9.80. The normalized spacial score (nSPS) is 11.1. The van der Waals surface area contributed by atoms with E-state index in [0.717, 1.165) is 35.3 Å². The number of nitrogens with one attached hydrogen (secondary N) is 1. The minimum Gasteiger partial charge on any atom is -0.338 e.